The molecular weight excluding hydrogens is 343 g/mol. The molecule has 6 nitrogen and oxygen atoms in total. The monoisotopic (exact) mass is 362 g/mol. The fourth-order valence-electron chi connectivity index (χ4n) is 2.76. The molecule has 8 heteroatoms. The van der Waals surface area contributed by atoms with E-state index in [2.05, 4.69) is 15.4 Å². The van der Waals surface area contributed by atoms with Crippen molar-refractivity contribution in [2.24, 2.45) is 0 Å². The van der Waals surface area contributed by atoms with Crippen molar-refractivity contribution in [1.82, 2.24) is 14.8 Å². The fourth-order valence-corrected chi connectivity index (χ4v) is 3.24. The van der Waals surface area contributed by atoms with Crippen LogP contribution in [0.15, 0.2) is 41.9 Å². The van der Waals surface area contributed by atoms with Crippen LogP contribution < -0.4 is 5.32 Å². The zero-order valence-electron chi connectivity index (χ0n) is 14.0. The molecule has 1 aliphatic heterocycles. The second-order valence-corrected chi connectivity index (χ2v) is 6.84. The average Bonchev–Trinajstić information content (AvgIpc) is 3.06. The summed E-state index contributed by atoms with van der Waals surface area (Å²) in [5.41, 5.74) is 1.27. The summed E-state index contributed by atoms with van der Waals surface area (Å²) in [6, 6.07) is 5.63. The van der Waals surface area contributed by atoms with Gasteiger partial charge in [0.15, 0.2) is 0 Å². The van der Waals surface area contributed by atoms with E-state index in [9.17, 15) is 9.18 Å². The molecule has 0 saturated carbocycles. The molecule has 1 N–H and O–H groups in total. The number of fused-ring (bicyclic) bond motifs is 1. The summed E-state index contributed by atoms with van der Waals surface area (Å²) in [5.74, 6) is 1.26. The number of benzene rings is 1. The van der Waals surface area contributed by atoms with E-state index in [4.69, 9.17) is 4.74 Å². The molecule has 0 radical (unpaired) electrons. The first kappa shape index (κ1) is 17.5. The van der Waals surface area contributed by atoms with Crippen molar-refractivity contribution >= 4 is 23.7 Å². The lowest BCUT2D eigenvalue weighted by Crippen LogP contribution is -2.30. The number of hydrogen-bond donors (Lipinski definition) is 1. The second-order valence-electron chi connectivity index (χ2n) is 5.45. The number of thioether (sulfide) groups is 1. The van der Waals surface area contributed by atoms with E-state index in [0.717, 1.165) is 11.5 Å². The maximum absolute atomic E-state index is 14.4. The lowest BCUT2D eigenvalue weighted by atomic mass is 9.95. The molecule has 132 valence electrons. The SMILES string of the molecule is CCSCCOC(=O)C1=C(C)Nc2ncnn2C1c1ccccc1F. The minimum Gasteiger partial charge on any atom is -0.461 e. The summed E-state index contributed by atoms with van der Waals surface area (Å²) in [6.45, 7) is 4.11. The molecule has 1 aliphatic rings. The second kappa shape index (κ2) is 7.69. The summed E-state index contributed by atoms with van der Waals surface area (Å²) < 4.78 is 21.3. The molecule has 25 heavy (non-hydrogen) atoms. The first-order valence-electron chi connectivity index (χ1n) is 8.00. The Balaban J connectivity index is 1.96. The normalized spacial score (nSPS) is 16.4. The first-order chi connectivity index (χ1) is 12.1. The predicted octanol–water partition coefficient (Wildman–Crippen LogP) is 3.00. The number of anilines is 1. The van der Waals surface area contributed by atoms with Crippen LogP contribution in [-0.2, 0) is 9.53 Å². The van der Waals surface area contributed by atoms with Crippen LogP contribution in [0, 0.1) is 5.82 Å². The molecule has 2 heterocycles. The number of esters is 1. The number of rotatable bonds is 6. The van der Waals surface area contributed by atoms with E-state index >= 15 is 0 Å². The number of halogens is 1. The van der Waals surface area contributed by atoms with Gasteiger partial charge in [0, 0.05) is 17.0 Å². The van der Waals surface area contributed by atoms with Crippen LogP contribution in [-0.4, -0.2) is 38.8 Å². The molecular formula is C17H19FN4O2S. The Morgan fingerprint density at radius 1 is 1.44 bits per heavy atom. The quantitative estimate of drug-likeness (QED) is 0.629. The van der Waals surface area contributed by atoms with E-state index in [0.29, 0.717) is 29.4 Å². The molecule has 0 spiro atoms. The summed E-state index contributed by atoms with van der Waals surface area (Å²) in [5, 5.41) is 7.19. The molecule has 1 unspecified atom stereocenters. The van der Waals surface area contributed by atoms with Crippen LogP contribution in [0.4, 0.5) is 10.3 Å². The van der Waals surface area contributed by atoms with Crippen molar-refractivity contribution in [1.29, 1.82) is 0 Å². The van der Waals surface area contributed by atoms with Gasteiger partial charge in [-0.25, -0.2) is 13.9 Å². The highest BCUT2D eigenvalue weighted by atomic mass is 32.2. The Morgan fingerprint density at radius 3 is 3.00 bits per heavy atom. The molecule has 0 amide bonds. The maximum atomic E-state index is 14.4. The van der Waals surface area contributed by atoms with Gasteiger partial charge in [0.05, 0.1) is 5.57 Å². The van der Waals surface area contributed by atoms with E-state index in [1.807, 2.05) is 6.92 Å². The third-order valence-corrected chi connectivity index (χ3v) is 4.74. The molecule has 0 fully saturated rings. The van der Waals surface area contributed by atoms with Crippen LogP contribution in [0.5, 0.6) is 0 Å². The zero-order chi connectivity index (χ0) is 17.8. The Bertz CT molecular complexity index is 805. The molecule has 1 atom stereocenters. The van der Waals surface area contributed by atoms with Gasteiger partial charge in [-0.3, -0.25) is 0 Å². The van der Waals surface area contributed by atoms with Crippen molar-refractivity contribution in [3.05, 3.63) is 53.2 Å². The molecule has 3 rings (SSSR count). The third kappa shape index (κ3) is 3.53. The zero-order valence-corrected chi connectivity index (χ0v) is 14.8. The first-order valence-corrected chi connectivity index (χ1v) is 9.15. The summed E-state index contributed by atoms with van der Waals surface area (Å²) in [6.07, 6.45) is 1.37. The number of carbonyl (C=O) groups is 1. The Hall–Kier alpha value is -2.35. The number of carbonyl (C=O) groups excluding carboxylic acids is 1. The van der Waals surface area contributed by atoms with Gasteiger partial charge < -0.3 is 10.1 Å². The van der Waals surface area contributed by atoms with Crippen molar-refractivity contribution in [2.75, 3.05) is 23.4 Å². The van der Waals surface area contributed by atoms with E-state index in [-0.39, 0.29) is 0 Å². The summed E-state index contributed by atoms with van der Waals surface area (Å²) >= 11 is 1.69. The van der Waals surface area contributed by atoms with E-state index in [1.54, 1.807) is 36.9 Å². The van der Waals surface area contributed by atoms with Gasteiger partial charge in [-0.15, -0.1) is 0 Å². The number of allylic oxidation sites excluding steroid dienone is 1. The van der Waals surface area contributed by atoms with Gasteiger partial charge in [0.2, 0.25) is 5.95 Å². The summed E-state index contributed by atoms with van der Waals surface area (Å²) in [4.78, 5) is 16.8. The largest absolute Gasteiger partial charge is 0.461 e. The van der Waals surface area contributed by atoms with Crippen molar-refractivity contribution in [3.63, 3.8) is 0 Å². The average molecular weight is 362 g/mol. The highest BCUT2D eigenvalue weighted by Gasteiger charge is 2.35. The number of nitrogens with one attached hydrogen (secondary N) is 1. The Morgan fingerprint density at radius 2 is 2.24 bits per heavy atom. The number of aromatic nitrogens is 3. The topological polar surface area (TPSA) is 69.0 Å². The van der Waals surface area contributed by atoms with E-state index < -0.39 is 17.8 Å². The van der Waals surface area contributed by atoms with Crippen LogP contribution in [0.3, 0.4) is 0 Å². The number of ether oxygens (including phenoxy) is 1. The standard InChI is InChI=1S/C17H19FN4O2S/c1-3-25-9-8-24-16(23)14-11(2)21-17-19-10-20-22(17)15(14)12-6-4-5-7-13(12)18/h4-7,10,15H,3,8-9H2,1-2H3,(H,19,20,21). The summed E-state index contributed by atoms with van der Waals surface area (Å²) in [7, 11) is 0. The lowest BCUT2D eigenvalue weighted by molar-refractivity contribution is -0.139. The molecule has 0 aliphatic carbocycles. The van der Waals surface area contributed by atoms with Crippen molar-refractivity contribution < 1.29 is 13.9 Å². The van der Waals surface area contributed by atoms with Gasteiger partial charge >= 0.3 is 5.97 Å². The fraction of sp³-hybridized carbons (Fsp3) is 0.353. The molecule has 0 bridgehead atoms. The van der Waals surface area contributed by atoms with Gasteiger partial charge in [0.25, 0.3) is 0 Å². The maximum Gasteiger partial charge on any atom is 0.338 e. The van der Waals surface area contributed by atoms with Gasteiger partial charge in [-0.05, 0) is 18.7 Å². The molecule has 1 aromatic carbocycles. The van der Waals surface area contributed by atoms with Crippen LogP contribution in [0.2, 0.25) is 0 Å². The van der Waals surface area contributed by atoms with Gasteiger partial charge in [-0.1, -0.05) is 25.1 Å². The molecule has 0 saturated heterocycles. The van der Waals surface area contributed by atoms with Crippen LogP contribution in [0.1, 0.15) is 25.5 Å². The van der Waals surface area contributed by atoms with Crippen LogP contribution >= 0.6 is 11.8 Å². The molecule has 2 aromatic rings. The smallest absolute Gasteiger partial charge is 0.338 e. The predicted molar refractivity (Wildman–Crippen MR) is 94.8 cm³/mol. The highest BCUT2D eigenvalue weighted by molar-refractivity contribution is 7.99. The van der Waals surface area contributed by atoms with Gasteiger partial charge in [-0.2, -0.15) is 21.8 Å². The molecule has 1 aromatic heterocycles. The van der Waals surface area contributed by atoms with E-state index in [1.165, 1.54) is 17.1 Å². The minimum absolute atomic E-state index is 0.308. The number of nitrogens with zero attached hydrogens (tertiary/aromatic N) is 3. The van der Waals surface area contributed by atoms with Crippen molar-refractivity contribution in [3.8, 4) is 0 Å². The minimum atomic E-state index is -0.716. The highest BCUT2D eigenvalue weighted by Crippen LogP contribution is 2.36. The third-order valence-electron chi connectivity index (χ3n) is 3.88. The Kier molecular flexibility index (Phi) is 5.37. The van der Waals surface area contributed by atoms with Crippen LogP contribution in [0.25, 0.3) is 0 Å². The van der Waals surface area contributed by atoms with Gasteiger partial charge in [0.1, 0.15) is 24.8 Å². The lowest BCUT2D eigenvalue weighted by Gasteiger charge is -2.28. The van der Waals surface area contributed by atoms with Crippen molar-refractivity contribution in [2.45, 2.75) is 19.9 Å². The Labute approximate surface area is 149 Å². The number of hydrogen-bond acceptors (Lipinski definition) is 6.